The third kappa shape index (κ3) is 17.8. The predicted molar refractivity (Wildman–Crippen MR) is 357 cm³/mol. The van der Waals surface area contributed by atoms with Gasteiger partial charge in [0.25, 0.3) is 47.3 Å². The van der Waals surface area contributed by atoms with Gasteiger partial charge in [0, 0.05) is 138 Å². The number of rotatable bonds is 25. The van der Waals surface area contributed by atoms with Crippen LogP contribution in [0.1, 0.15) is 115 Å². The van der Waals surface area contributed by atoms with Gasteiger partial charge in [0.05, 0.1) is 44.2 Å². The summed E-state index contributed by atoms with van der Waals surface area (Å²) in [6, 6.07) is 14.8. The Morgan fingerprint density at radius 1 is 0.447 bits per heavy atom. The molecule has 30 nitrogen and oxygen atoms in total. The van der Waals surface area contributed by atoms with Crippen LogP contribution in [0.15, 0.2) is 103 Å². The first-order valence-corrected chi connectivity index (χ1v) is 30.5. The zero-order valence-electron chi connectivity index (χ0n) is 53.9. The fourth-order valence-electron chi connectivity index (χ4n) is 9.90. The molecule has 0 aliphatic heterocycles. The standard InChI is InChI=1S/C33H44N10O5.C30H32N10O5S/c1-21-13-25(40(4)17-21)31(46)36-23-15-27(42(6)19-23)33(48)38-24-16-28(43(7)20-24)32(47)37-22-14-26(41(5)18-22)30(45)35-11-9-29(44)34-10-8-12-39(2)3;1-31-25(41)6-5-9-32-30(45)26-36-24(15-40(26)4)37-29(44)22-12-19(14-39(22)3)35-28(43)21-11-18(13-38(21)2)34-27(42)17-7-8-23-20(10-17)33-16-46-23/h13-20H,8-12H2,1-7H3,(H,34,44)(H,35,45)(H,36,46)(H,37,47)(H,38,48);7-8,10-16H,5-6,9H2,1-4H3,(H,31,41)(H,32,45)(H,34,42)(H,35,43)(H,37,44). The third-order valence-electron chi connectivity index (χ3n) is 14.7. The SMILES string of the molecule is CNC(=O)CCCNC(=O)c1nc(NC(=O)c2cc(NC(=O)c3cc(NC(=O)c4ccc5scnc5c4)cn3C)cn2C)cn1C.Cc1cc(C(=O)Nc2cc(C(=O)Nc3cc(C(=O)Nc4cc(C(=O)NCCC(=O)NCCCN(C)C)n(C)c4)n(C)c3)n(C)c2)n(C)c1. The van der Waals surface area contributed by atoms with Crippen molar-refractivity contribution in [3.05, 3.63) is 155 Å². The Morgan fingerprint density at radius 3 is 1.35 bits per heavy atom. The molecule has 8 aromatic heterocycles. The molecule has 9 aromatic rings. The van der Waals surface area contributed by atoms with Gasteiger partial charge in [-0.3, -0.25) is 47.9 Å². The van der Waals surface area contributed by atoms with Gasteiger partial charge in [-0.15, -0.1) is 11.3 Å². The molecular formula is C63H76N20O10S. The Kier molecular flexibility index (Phi) is 22.4. The molecule has 1 aromatic carbocycles. The number of hydrogen-bond acceptors (Lipinski definition) is 14. The Morgan fingerprint density at radius 2 is 0.883 bits per heavy atom. The number of imidazole rings is 1. The average Bonchev–Trinajstić information content (AvgIpc) is 1.69. The van der Waals surface area contributed by atoms with Crippen molar-refractivity contribution in [3.63, 3.8) is 0 Å². The number of carbonyl (C=O) groups is 10. The van der Waals surface area contributed by atoms with Crippen LogP contribution in [0.2, 0.25) is 0 Å². The van der Waals surface area contributed by atoms with Crippen LogP contribution in [0.4, 0.5) is 34.3 Å². The molecule has 31 heteroatoms. The molecule has 0 spiro atoms. The van der Waals surface area contributed by atoms with E-state index in [4.69, 9.17) is 0 Å². The van der Waals surface area contributed by atoms with Crippen LogP contribution in [0.5, 0.6) is 0 Å². The minimum atomic E-state index is -0.502. The number of amides is 10. The lowest BCUT2D eigenvalue weighted by atomic mass is 10.2. The number of nitrogens with one attached hydrogen (secondary N) is 10. The number of benzene rings is 1. The molecule has 0 aliphatic rings. The van der Waals surface area contributed by atoms with E-state index in [1.807, 2.05) is 38.2 Å². The van der Waals surface area contributed by atoms with Crippen molar-refractivity contribution in [1.29, 1.82) is 0 Å². The minimum Gasteiger partial charge on any atom is -0.359 e. The molecule has 0 aliphatic carbocycles. The molecular weight excluding hydrogens is 1230 g/mol. The van der Waals surface area contributed by atoms with E-state index in [9.17, 15) is 47.9 Å². The van der Waals surface area contributed by atoms with Crippen molar-refractivity contribution in [2.24, 2.45) is 49.3 Å². The van der Waals surface area contributed by atoms with E-state index in [2.05, 4.69) is 63.1 Å². The molecule has 0 fully saturated rings. The highest BCUT2D eigenvalue weighted by atomic mass is 32.1. The molecule has 0 saturated heterocycles. The molecule has 494 valence electrons. The van der Waals surface area contributed by atoms with Crippen molar-refractivity contribution in [2.45, 2.75) is 32.6 Å². The highest BCUT2D eigenvalue weighted by molar-refractivity contribution is 7.16. The van der Waals surface area contributed by atoms with E-state index >= 15 is 0 Å². The summed E-state index contributed by atoms with van der Waals surface area (Å²) in [6.45, 7) is 3.82. The van der Waals surface area contributed by atoms with Gasteiger partial charge in [0.15, 0.2) is 5.82 Å². The van der Waals surface area contributed by atoms with Gasteiger partial charge < -0.3 is 90.0 Å². The summed E-state index contributed by atoms with van der Waals surface area (Å²) in [7, 11) is 17.3. The van der Waals surface area contributed by atoms with Gasteiger partial charge in [-0.2, -0.15) is 0 Å². The molecule has 8 heterocycles. The Hall–Kier alpha value is -11.3. The van der Waals surface area contributed by atoms with E-state index < -0.39 is 29.5 Å². The van der Waals surface area contributed by atoms with E-state index in [1.54, 1.807) is 163 Å². The maximum absolute atomic E-state index is 13.1. The Bertz CT molecular complexity index is 4330. The summed E-state index contributed by atoms with van der Waals surface area (Å²) < 4.78 is 12.1. The van der Waals surface area contributed by atoms with Crippen LogP contribution in [-0.2, 0) is 58.9 Å². The van der Waals surface area contributed by atoms with E-state index in [-0.39, 0.29) is 77.6 Å². The zero-order chi connectivity index (χ0) is 68.1. The topological polar surface area (TPSA) is 355 Å². The number of fused-ring (bicyclic) bond motifs is 1. The number of hydrogen-bond donors (Lipinski definition) is 10. The number of aryl methyl sites for hydroxylation is 8. The second-order valence-electron chi connectivity index (χ2n) is 22.5. The van der Waals surface area contributed by atoms with Gasteiger partial charge in [0.1, 0.15) is 34.2 Å². The summed E-state index contributed by atoms with van der Waals surface area (Å²) in [5.74, 6) is -3.24. The van der Waals surface area contributed by atoms with E-state index in [0.717, 1.165) is 28.7 Å². The largest absolute Gasteiger partial charge is 0.359 e. The van der Waals surface area contributed by atoms with Crippen LogP contribution in [-0.4, -0.2) is 153 Å². The van der Waals surface area contributed by atoms with Crippen molar-refractivity contribution < 1.29 is 47.9 Å². The molecule has 0 unspecified atom stereocenters. The first-order chi connectivity index (χ1) is 44.7. The summed E-state index contributed by atoms with van der Waals surface area (Å²) in [5, 5.41) is 27.5. The predicted octanol–water partition coefficient (Wildman–Crippen LogP) is 5.01. The fraction of sp³-hybridized carbons (Fsp3) is 0.302. The van der Waals surface area contributed by atoms with Gasteiger partial charge in [0.2, 0.25) is 17.6 Å². The molecule has 10 amide bonds. The fourth-order valence-corrected chi connectivity index (χ4v) is 10.6. The molecule has 0 atom stereocenters. The maximum atomic E-state index is 13.1. The summed E-state index contributed by atoms with van der Waals surface area (Å²) in [4.78, 5) is 137. The first-order valence-electron chi connectivity index (χ1n) is 29.6. The average molecular weight is 1310 g/mol. The van der Waals surface area contributed by atoms with Crippen LogP contribution in [0, 0.1) is 6.92 Å². The van der Waals surface area contributed by atoms with Crippen LogP contribution in [0.3, 0.4) is 0 Å². The van der Waals surface area contributed by atoms with Crippen molar-refractivity contribution >= 4 is 115 Å². The number of thiazole rings is 1. The second-order valence-corrected chi connectivity index (χ2v) is 23.4. The summed E-state index contributed by atoms with van der Waals surface area (Å²) in [6.07, 6.45) is 13.2. The molecule has 94 heavy (non-hydrogen) atoms. The van der Waals surface area contributed by atoms with Crippen molar-refractivity contribution in [2.75, 3.05) is 79.2 Å². The molecule has 9 rings (SSSR count). The second kappa shape index (κ2) is 30.6. The Labute approximate surface area is 544 Å². The lowest BCUT2D eigenvalue weighted by Gasteiger charge is -2.10. The summed E-state index contributed by atoms with van der Waals surface area (Å²) >= 11 is 1.49. The van der Waals surface area contributed by atoms with Crippen LogP contribution in [0.25, 0.3) is 10.2 Å². The summed E-state index contributed by atoms with van der Waals surface area (Å²) in [5.41, 5.74) is 7.85. The number of anilines is 6. The number of nitrogens with zero attached hydrogens (tertiary/aromatic N) is 10. The van der Waals surface area contributed by atoms with Gasteiger partial charge in [-0.1, -0.05) is 0 Å². The third-order valence-corrected chi connectivity index (χ3v) is 15.5. The number of aromatic nitrogens is 9. The smallest absolute Gasteiger partial charge is 0.287 e. The van der Waals surface area contributed by atoms with E-state index in [1.165, 1.54) is 28.2 Å². The molecule has 0 bridgehead atoms. The van der Waals surface area contributed by atoms with Crippen LogP contribution >= 0.6 is 11.3 Å². The lowest BCUT2D eigenvalue weighted by Crippen LogP contribution is -2.32. The van der Waals surface area contributed by atoms with Crippen molar-refractivity contribution in [3.8, 4) is 0 Å². The molecule has 10 N–H and O–H groups in total. The monoisotopic (exact) mass is 1300 g/mol. The van der Waals surface area contributed by atoms with E-state index in [0.29, 0.717) is 70.6 Å². The minimum absolute atomic E-state index is 0.0914. The lowest BCUT2D eigenvalue weighted by molar-refractivity contribution is -0.121. The van der Waals surface area contributed by atoms with Gasteiger partial charge in [-0.25, -0.2) is 9.97 Å². The molecule has 0 saturated carbocycles. The Balaban J connectivity index is 0.000000241. The highest BCUT2D eigenvalue weighted by Gasteiger charge is 2.23. The normalized spacial score (nSPS) is 10.9. The number of carbonyl (C=O) groups excluding carboxylic acids is 10. The van der Waals surface area contributed by atoms with Crippen molar-refractivity contribution in [1.82, 2.24) is 68.1 Å². The van der Waals surface area contributed by atoms with Gasteiger partial charge in [-0.05, 0) is 101 Å². The van der Waals surface area contributed by atoms with Crippen LogP contribution < -0.4 is 53.2 Å². The highest BCUT2D eigenvalue weighted by Crippen LogP contribution is 2.24. The van der Waals surface area contributed by atoms with Gasteiger partial charge >= 0.3 is 0 Å². The maximum Gasteiger partial charge on any atom is 0.287 e. The first kappa shape index (κ1) is 68.6. The molecule has 0 radical (unpaired) electrons. The quantitative estimate of drug-likeness (QED) is 0.0337. The zero-order valence-corrected chi connectivity index (χ0v) is 54.8.